The van der Waals surface area contributed by atoms with E-state index in [-0.39, 0.29) is 5.69 Å². The lowest BCUT2D eigenvalue weighted by Crippen LogP contribution is -2.02. The van der Waals surface area contributed by atoms with E-state index in [1.165, 1.54) is 5.56 Å². The second-order valence-electron chi connectivity index (χ2n) is 5.04. The Labute approximate surface area is 132 Å². The smallest absolute Gasteiger partial charge is 0.352 e. The summed E-state index contributed by atoms with van der Waals surface area (Å²) in [6.07, 6.45) is 1.07. The number of thioether (sulfide) groups is 1. The topological polar surface area (TPSA) is 70.9 Å². The molecule has 6 heteroatoms. The number of carboxylic acid groups (broad SMARTS) is 1. The summed E-state index contributed by atoms with van der Waals surface area (Å²) in [6.45, 7) is 2.81. The summed E-state index contributed by atoms with van der Waals surface area (Å²) in [7, 11) is 0. The molecule has 5 nitrogen and oxygen atoms in total. The summed E-state index contributed by atoms with van der Waals surface area (Å²) in [4.78, 5) is 18.6. The zero-order chi connectivity index (χ0) is 15.5. The van der Waals surface area contributed by atoms with Crippen molar-refractivity contribution >= 4 is 28.9 Å². The highest BCUT2D eigenvalue weighted by Crippen LogP contribution is 2.26. The number of carbonyl (C=O) groups is 1. The summed E-state index contributed by atoms with van der Waals surface area (Å²) < 4.78 is 2.08. The van der Waals surface area contributed by atoms with E-state index in [4.69, 9.17) is 5.11 Å². The van der Waals surface area contributed by atoms with Gasteiger partial charge in [-0.25, -0.2) is 9.78 Å². The molecule has 2 heterocycles. The van der Waals surface area contributed by atoms with Crippen LogP contribution in [-0.2, 0) is 6.54 Å². The number of aromatic carboxylic acids is 1. The molecule has 3 aromatic rings. The molecule has 1 aromatic carbocycles. The van der Waals surface area contributed by atoms with Gasteiger partial charge in [0.1, 0.15) is 5.69 Å². The molecule has 0 unspecified atom stereocenters. The number of hydrogen-bond acceptors (Lipinski definition) is 3. The molecule has 0 radical (unpaired) electrons. The van der Waals surface area contributed by atoms with Gasteiger partial charge in [0.25, 0.3) is 0 Å². The lowest BCUT2D eigenvalue weighted by atomic mass is 10.2. The van der Waals surface area contributed by atoms with Gasteiger partial charge in [-0.2, -0.15) is 0 Å². The number of rotatable bonds is 6. The maximum atomic E-state index is 11.1. The van der Waals surface area contributed by atoms with Crippen LogP contribution >= 0.6 is 11.8 Å². The molecule has 22 heavy (non-hydrogen) atoms. The molecule has 0 fully saturated rings. The van der Waals surface area contributed by atoms with Crippen molar-refractivity contribution in [2.24, 2.45) is 0 Å². The van der Waals surface area contributed by atoms with Crippen molar-refractivity contribution in [3.63, 3.8) is 0 Å². The second kappa shape index (κ2) is 6.27. The third-order valence-electron chi connectivity index (χ3n) is 3.36. The predicted octanol–water partition coefficient (Wildman–Crippen LogP) is 3.61. The Morgan fingerprint density at radius 1 is 1.36 bits per heavy atom. The molecule has 3 rings (SSSR count). The summed E-state index contributed by atoms with van der Waals surface area (Å²) >= 11 is 1.70. The molecule has 0 aliphatic carbocycles. The van der Waals surface area contributed by atoms with Crippen molar-refractivity contribution in [1.82, 2.24) is 14.5 Å². The van der Waals surface area contributed by atoms with Crippen LogP contribution in [0.1, 0.15) is 29.4 Å². The number of carboxylic acids is 1. The number of aromatic nitrogens is 3. The van der Waals surface area contributed by atoms with Crippen molar-refractivity contribution < 1.29 is 9.90 Å². The number of hydrogen-bond donors (Lipinski definition) is 2. The number of benzene rings is 1. The highest BCUT2D eigenvalue weighted by Gasteiger charge is 2.16. The van der Waals surface area contributed by atoms with Gasteiger partial charge >= 0.3 is 5.97 Å². The standard InChI is InChI=1S/C16H17N3O2S/c1-2-8-22-16-18-14-13(9-12(17-14)15(20)21)19(16)10-11-6-4-3-5-7-11/h3-7,9,17H,2,8,10H2,1H3,(H,20,21). The van der Waals surface area contributed by atoms with Gasteiger partial charge in [-0.15, -0.1) is 0 Å². The zero-order valence-electron chi connectivity index (χ0n) is 12.2. The van der Waals surface area contributed by atoms with Gasteiger partial charge < -0.3 is 14.7 Å². The van der Waals surface area contributed by atoms with Gasteiger partial charge in [0.2, 0.25) is 0 Å². The summed E-state index contributed by atoms with van der Waals surface area (Å²) in [5.41, 5.74) is 2.80. The third-order valence-corrected chi connectivity index (χ3v) is 4.54. The Morgan fingerprint density at radius 3 is 2.82 bits per heavy atom. The van der Waals surface area contributed by atoms with Crippen LogP contribution in [0.15, 0.2) is 41.6 Å². The van der Waals surface area contributed by atoms with Crippen molar-refractivity contribution in [2.45, 2.75) is 25.0 Å². The SMILES string of the molecule is CCCSc1nc2[nH]c(C(=O)O)cc2n1Cc1ccccc1. The number of nitrogens with one attached hydrogen (secondary N) is 1. The molecule has 0 saturated carbocycles. The predicted molar refractivity (Wildman–Crippen MR) is 87.6 cm³/mol. The number of fused-ring (bicyclic) bond motifs is 1. The van der Waals surface area contributed by atoms with E-state index in [0.717, 1.165) is 22.8 Å². The fourth-order valence-corrected chi connectivity index (χ4v) is 3.18. The zero-order valence-corrected chi connectivity index (χ0v) is 13.1. The number of imidazole rings is 1. The minimum Gasteiger partial charge on any atom is -0.477 e. The van der Waals surface area contributed by atoms with Gasteiger partial charge in [0.15, 0.2) is 10.8 Å². The van der Waals surface area contributed by atoms with Gasteiger partial charge in [0.05, 0.1) is 12.1 Å². The minimum absolute atomic E-state index is 0.173. The Kier molecular flexibility index (Phi) is 4.20. The van der Waals surface area contributed by atoms with Crippen molar-refractivity contribution in [3.8, 4) is 0 Å². The first-order valence-corrected chi connectivity index (χ1v) is 8.17. The minimum atomic E-state index is -0.966. The van der Waals surface area contributed by atoms with E-state index in [1.807, 2.05) is 18.2 Å². The average molecular weight is 315 g/mol. The normalized spacial score (nSPS) is 11.1. The second-order valence-corrected chi connectivity index (χ2v) is 6.10. The van der Waals surface area contributed by atoms with Crippen LogP contribution in [0.2, 0.25) is 0 Å². The van der Waals surface area contributed by atoms with Crippen molar-refractivity contribution in [2.75, 3.05) is 5.75 Å². The fourth-order valence-electron chi connectivity index (χ4n) is 2.32. The Hall–Kier alpha value is -2.21. The van der Waals surface area contributed by atoms with Crippen LogP contribution in [0.5, 0.6) is 0 Å². The summed E-state index contributed by atoms with van der Waals surface area (Å²) in [5.74, 6) is 0.0206. The number of nitrogens with zero attached hydrogens (tertiary/aromatic N) is 2. The van der Waals surface area contributed by atoms with E-state index in [9.17, 15) is 4.79 Å². The van der Waals surface area contributed by atoms with Gasteiger partial charge in [-0.3, -0.25) is 0 Å². The monoisotopic (exact) mass is 315 g/mol. The van der Waals surface area contributed by atoms with Crippen LogP contribution < -0.4 is 0 Å². The van der Waals surface area contributed by atoms with Crippen LogP contribution in [0, 0.1) is 0 Å². The number of H-pyrrole nitrogens is 1. The van der Waals surface area contributed by atoms with Crippen LogP contribution in [0.4, 0.5) is 0 Å². The molecule has 0 bridgehead atoms. The van der Waals surface area contributed by atoms with Gasteiger partial charge in [-0.05, 0) is 18.1 Å². The average Bonchev–Trinajstić information content (AvgIpc) is 3.06. The van der Waals surface area contributed by atoms with E-state index >= 15 is 0 Å². The molecule has 0 amide bonds. The van der Waals surface area contributed by atoms with Crippen molar-refractivity contribution in [3.05, 3.63) is 47.7 Å². The Bertz CT molecular complexity index is 792. The van der Waals surface area contributed by atoms with Crippen LogP contribution in [0.3, 0.4) is 0 Å². The molecule has 0 saturated heterocycles. The lowest BCUT2D eigenvalue weighted by Gasteiger charge is -2.08. The molecule has 0 spiro atoms. The molecule has 2 aromatic heterocycles. The molecule has 0 aliphatic rings. The molecule has 114 valence electrons. The Balaban J connectivity index is 2.03. The summed E-state index contributed by atoms with van der Waals surface area (Å²) in [5, 5.41) is 10.0. The molecule has 0 atom stereocenters. The maximum Gasteiger partial charge on any atom is 0.352 e. The van der Waals surface area contributed by atoms with Crippen LogP contribution in [-0.4, -0.2) is 31.4 Å². The van der Waals surface area contributed by atoms with Gasteiger partial charge in [0, 0.05) is 5.75 Å². The molecular formula is C16H17N3O2S. The van der Waals surface area contributed by atoms with E-state index in [2.05, 4.69) is 33.6 Å². The highest BCUT2D eigenvalue weighted by atomic mass is 32.2. The van der Waals surface area contributed by atoms with Crippen molar-refractivity contribution in [1.29, 1.82) is 0 Å². The first-order chi connectivity index (χ1) is 10.7. The molecular weight excluding hydrogens is 298 g/mol. The van der Waals surface area contributed by atoms with E-state index in [1.54, 1.807) is 17.8 Å². The lowest BCUT2D eigenvalue weighted by molar-refractivity contribution is 0.0691. The summed E-state index contributed by atoms with van der Waals surface area (Å²) in [6, 6.07) is 11.8. The van der Waals surface area contributed by atoms with Crippen LogP contribution in [0.25, 0.3) is 11.2 Å². The first-order valence-electron chi connectivity index (χ1n) is 7.18. The number of aromatic amines is 1. The van der Waals surface area contributed by atoms with E-state index in [0.29, 0.717) is 12.2 Å². The molecule has 0 aliphatic heterocycles. The fraction of sp³-hybridized carbons (Fsp3) is 0.250. The molecule has 2 N–H and O–H groups in total. The Morgan fingerprint density at radius 2 is 2.14 bits per heavy atom. The maximum absolute atomic E-state index is 11.1. The van der Waals surface area contributed by atoms with E-state index < -0.39 is 5.97 Å². The van der Waals surface area contributed by atoms with Gasteiger partial charge in [-0.1, -0.05) is 49.0 Å². The largest absolute Gasteiger partial charge is 0.477 e. The third kappa shape index (κ3) is 2.87. The first kappa shape index (κ1) is 14.7. The highest BCUT2D eigenvalue weighted by molar-refractivity contribution is 7.99. The quantitative estimate of drug-likeness (QED) is 0.682.